The summed E-state index contributed by atoms with van der Waals surface area (Å²) in [6.07, 6.45) is 4.04. The van der Waals surface area contributed by atoms with Crippen molar-refractivity contribution < 1.29 is 20.1 Å². The van der Waals surface area contributed by atoms with Crippen molar-refractivity contribution in [3.05, 3.63) is 138 Å². The zero-order valence-corrected chi connectivity index (χ0v) is 39.5. The van der Waals surface area contributed by atoms with Crippen LogP contribution in [0, 0.1) is 18.1 Å². The first kappa shape index (κ1) is 43.4. The maximum Gasteiger partial charge on any atom is 0.0799 e. The van der Waals surface area contributed by atoms with Crippen molar-refractivity contribution in [3.8, 4) is 33.6 Å². The Hall–Kier alpha value is -3.73. The number of aromatic nitrogens is 2. The Morgan fingerprint density at radius 1 is 0.607 bits per heavy atom. The Morgan fingerprint density at radius 2 is 1.29 bits per heavy atom. The van der Waals surface area contributed by atoms with E-state index in [0.29, 0.717) is 29.6 Å². The molecule has 0 aliphatic rings. The van der Waals surface area contributed by atoms with Gasteiger partial charge in [-0.25, -0.2) is 0 Å². The Morgan fingerprint density at radius 3 is 1.89 bits per heavy atom. The molecule has 0 saturated carbocycles. The summed E-state index contributed by atoms with van der Waals surface area (Å²) in [5.74, 6) is 2.59. The van der Waals surface area contributed by atoms with Crippen molar-refractivity contribution >= 4 is 44.8 Å². The molecule has 0 spiro atoms. The molecule has 0 amide bonds. The molecule has 0 fully saturated rings. The molecular weight excluding hydrogens is 893 g/mol. The standard InChI is InChI=1S/C34H36NS.C17H22NSi.Ir/c1-20(2)23(7)24-15-16-35-31(18-24)25-12-14-32-30(17-25)29-13-11-26(19-33(29)36-32)34-27(21(3)4)9-8-10-28(34)22(5)6;1-13(2)15-11-16(14-9-7-6-8-10-14)18-12-17(15)19(3,4)5;/h8-11,13-23H,1-7H3;6-9,11-13H,1-5H3;/q2*-1;. The molecule has 0 aliphatic heterocycles. The number of thiophene rings is 1. The van der Waals surface area contributed by atoms with Gasteiger partial charge in [0.25, 0.3) is 0 Å². The molecule has 1 unspecified atom stereocenters. The Kier molecular flexibility index (Phi) is 14.1. The molecule has 0 N–H and O–H groups in total. The molecule has 0 saturated heterocycles. The summed E-state index contributed by atoms with van der Waals surface area (Å²) in [7, 11) is -1.34. The summed E-state index contributed by atoms with van der Waals surface area (Å²) >= 11 is 1.86. The Labute approximate surface area is 355 Å². The first-order chi connectivity index (χ1) is 26.1. The van der Waals surface area contributed by atoms with Gasteiger partial charge in [-0.3, -0.25) is 0 Å². The van der Waals surface area contributed by atoms with Crippen LogP contribution in [-0.2, 0) is 20.1 Å². The molecule has 2 nitrogen and oxygen atoms in total. The first-order valence-corrected chi connectivity index (χ1v) is 24.4. The van der Waals surface area contributed by atoms with Gasteiger partial charge in [-0.05, 0) is 90.6 Å². The summed E-state index contributed by atoms with van der Waals surface area (Å²) in [4.78, 5) is 9.36. The average molecular weight is 951 g/mol. The second-order valence-corrected chi connectivity index (χ2v) is 23.5. The molecule has 3 heterocycles. The molecule has 0 bridgehead atoms. The fraction of sp³-hybridized carbons (Fsp3) is 0.333. The van der Waals surface area contributed by atoms with Gasteiger partial charge in [0.2, 0.25) is 0 Å². The summed E-state index contributed by atoms with van der Waals surface area (Å²) in [6.45, 7) is 27.7. The van der Waals surface area contributed by atoms with Gasteiger partial charge in [0.15, 0.2) is 0 Å². The van der Waals surface area contributed by atoms with E-state index in [-0.39, 0.29) is 20.1 Å². The molecule has 5 heteroatoms. The summed E-state index contributed by atoms with van der Waals surface area (Å²) < 4.78 is 2.61. The van der Waals surface area contributed by atoms with E-state index >= 15 is 0 Å². The topological polar surface area (TPSA) is 25.8 Å². The number of rotatable bonds is 9. The van der Waals surface area contributed by atoms with Gasteiger partial charge in [0, 0.05) is 37.2 Å². The van der Waals surface area contributed by atoms with Gasteiger partial charge in [-0.2, -0.15) is 11.3 Å². The SMILES string of the molecule is CC(C)c1cc(-c2[c-]cccc2)ncc1[Si](C)(C)C.CC(C)c1cccc(C(C)C)c1-c1ccc2c(c1)sc1c[c-]c(-c3cc(C(C)C(C)C)ccn3)cc12.[Ir]. The van der Waals surface area contributed by atoms with E-state index in [1.54, 1.807) is 0 Å². The van der Waals surface area contributed by atoms with Crippen LogP contribution >= 0.6 is 11.3 Å². The smallest absolute Gasteiger partial charge is 0.0799 e. The predicted octanol–water partition coefficient (Wildman–Crippen LogP) is 14.8. The van der Waals surface area contributed by atoms with E-state index in [9.17, 15) is 0 Å². The van der Waals surface area contributed by atoms with Crippen LogP contribution in [0.25, 0.3) is 53.8 Å². The minimum atomic E-state index is -1.34. The van der Waals surface area contributed by atoms with Gasteiger partial charge >= 0.3 is 0 Å². The van der Waals surface area contributed by atoms with Crippen molar-refractivity contribution in [1.82, 2.24) is 9.97 Å². The summed E-state index contributed by atoms with van der Waals surface area (Å²) in [5.41, 5.74) is 12.6. The van der Waals surface area contributed by atoms with Crippen LogP contribution in [0.5, 0.6) is 0 Å². The number of nitrogens with zero attached hydrogens (tertiary/aromatic N) is 2. The molecule has 56 heavy (non-hydrogen) atoms. The summed E-state index contributed by atoms with van der Waals surface area (Å²) in [5, 5.41) is 4.08. The minimum absolute atomic E-state index is 0. The maximum atomic E-state index is 4.70. The first-order valence-electron chi connectivity index (χ1n) is 20.1. The third-order valence-electron chi connectivity index (χ3n) is 11.0. The number of pyridine rings is 2. The summed E-state index contributed by atoms with van der Waals surface area (Å²) in [6, 6.07) is 39.7. The van der Waals surface area contributed by atoms with E-state index in [0.717, 1.165) is 22.5 Å². The van der Waals surface area contributed by atoms with Crippen molar-refractivity contribution in [2.24, 2.45) is 5.92 Å². The van der Waals surface area contributed by atoms with Gasteiger partial charge in [0.05, 0.1) is 8.07 Å². The number of hydrogen-bond acceptors (Lipinski definition) is 3. The predicted molar refractivity (Wildman–Crippen MR) is 244 cm³/mol. The minimum Gasteiger partial charge on any atom is -0.305 e. The van der Waals surface area contributed by atoms with Crippen LogP contribution in [-0.4, -0.2) is 18.0 Å². The van der Waals surface area contributed by atoms with Gasteiger partial charge in [0.1, 0.15) is 0 Å². The zero-order chi connectivity index (χ0) is 39.6. The Balaban J connectivity index is 0.000000254. The van der Waals surface area contributed by atoms with Crippen molar-refractivity contribution in [3.63, 3.8) is 0 Å². The van der Waals surface area contributed by atoms with Gasteiger partial charge in [-0.1, -0.05) is 141 Å². The van der Waals surface area contributed by atoms with Crippen LogP contribution in [0.4, 0.5) is 0 Å². The van der Waals surface area contributed by atoms with E-state index in [4.69, 9.17) is 4.98 Å². The molecular formula is C51H58IrN2SSi-2. The number of benzene rings is 4. The van der Waals surface area contributed by atoms with Crippen LogP contribution in [0.2, 0.25) is 19.6 Å². The average Bonchev–Trinajstić information content (AvgIpc) is 3.54. The van der Waals surface area contributed by atoms with Gasteiger partial charge in [-0.15, -0.1) is 59.7 Å². The molecule has 7 aromatic rings. The van der Waals surface area contributed by atoms with Crippen molar-refractivity contribution in [2.75, 3.05) is 0 Å². The quantitative estimate of drug-likeness (QED) is 0.106. The van der Waals surface area contributed by atoms with E-state index in [1.807, 2.05) is 35.7 Å². The maximum absolute atomic E-state index is 4.70. The normalized spacial score (nSPS) is 12.4. The van der Waals surface area contributed by atoms with Crippen LogP contribution in [0.15, 0.2) is 103 Å². The second kappa shape index (κ2) is 18.2. The third-order valence-corrected chi connectivity index (χ3v) is 14.2. The number of hydrogen-bond donors (Lipinski definition) is 0. The molecule has 4 aromatic carbocycles. The van der Waals surface area contributed by atoms with E-state index in [2.05, 4.69) is 178 Å². The third kappa shape index (κ3) is 9.51. The van der Waals surface area contributed by atoms with E-state index in [1.165, 1.54) is 58.7 Å². The van der Waals surface area contributed by atoms with Crippen molar-refractivity contribution in [2.45, 2.75) is 106 Å². The Bertz CT molecular complexity index is 2380. The monoisotopic (exact) mass is 951 g/mol. The molecule has 1 atom stereocenters. The second-order valence-electron chi connectivity index (χ2n) is 17.4. The van der Waals surface area contributed by atoms with Crippen LogP contribution in [0.1, 0.15) is 108 Å². The molecule has 0 aliphatic carbocycles. The molecule has 1 radical (unpaired) electrons. The molecule has 7 rings (SSSR count). The van der Waals surface area contributed by atoms with Crippen LogP contribution in [0.3, 0.4) is 0 Å². The fourth-order valence-electron chi connectivity index (χ4n) is 7.45. The molecule has 3 aromatic heterocycles. The largest absolute Gasteiger partial charge is 0.305 e. The van der Waals surface area contributed by atoms with Crippen LogP contribution < -0.4 is 5.19 Å². The number of fused-ring (bicyclic) bond motifs is 3. The van der Waals surface area contributed by atoms with Gasteiger partial charge < -0.3 is 9.97 Å². The molecule has 293 valence electrons. The van der Waals surface area contributed by atoms with E-state index < -0.39 is 8.07 Å². The van der Waals surface area contributed by atoms with Crippen molar-refractivity contribution in [1.29, 1.82) is 0 Å². The fourth-order valence-corrected chi connectivity index (χ4v) is 10.2. The zero-order valence-electron chi connectivity index (χ0n) is 35.3.